The summed E-state index contributed by atoms with van der Waals surface area (Å²) in [5.74, 6) is 0.871. The zero-order valence-corrected chi connectivity index (χ0v) is 8.60. The van der Waals surface area contributed by atoms with Crippen LogP contribution in [0.4, 0.5) is 5.00 Å². The Bertz CT molecular complexity index is 199. The number of thiol groups is 1. The van der Waals surface area contributed by atoms with Gasteiger partial charge >= 0.3 is 0 Å². The maximum absolute atomic E-state index is 4.09. The van der Waals surface area contributed by atoms with Crippen molar-refractivity contribution in [2.24, 2.45) is 0 Å². The van der Waals surface area contributed by atoms with Gasteiger partial charge in [-0.25, -0.2) is 0 Å². The number of hydrogen-bond donors (Lipinski definition) is 2. The van der Waals surface area contributed by atoms with Gasteiger partial charge in [0.05, 0.1) is 8.79 Å². The van der Waals surface area contributed by atoms with Crippen LogP contribution in [0.3, 0.4) is 0 Å². The lowest BCUT2D eigenvalue weighted by Crippen LogP contribution is -1.99. The predicted octanol–water partition coefficient (Wildman–Crippen LogP) is 2.85. The fraction of sp³-hybridized carbons (Fsp3) is 0.333. The van der Waals surface area contributed by atoms with Crippen LogP contribution in [0.15, 0.2) is 15.9 Å². The van der Waals surface area contributed by atoms with Crippen LogP contribution in [0.1, 0.15) is 0 Å². The van der Waals surface area contributed by atoms with Crippen molar-refractivity contribution in [3.05, 3.63) is 15.9 Å². The van der Waals surface area contributed by atoms with Gasteiger partial charge in [-0.15, -0.1) is 11.3 Å². The quantitative estimate of drug-likeness (QED) is 0.771. The van der Waals surface area contributed by atoms with Gasteiger partial charge in [-0.05, 0) is 28.1 Å². The SMILES string of the molecule is SCCNc1ccc(Br)s1. The van der Waals surface area contributed by atoms with E-state index in [1.807, 2.05) is 6.07 Å². The van der Waals surface area contributed by atoms with Gasteiger partial charge in [-0.3, -0.25) is 0 Å². The van der Waals surface area contributed by atoms with Crippen molar-refractivity contribution in [3.8, 4) is 0 Å². The maximum Gasteiger partial charge on any atom is 0.0894 e. The zero-order chi connectivity index (χ0) is 7.40. The molecule has 10 heavy (non-hydrogen) atoms. The third-order valence-electron chi connectivity index (χ3n) is 0.984. The van der Waals surface area contributed by atoms with Crippen LogP contribution in [0.25, 0.3) is 0 Å². The molecule has 0 aliphatic heterocycles. The summed E-state index contributed by atoms with van der Waals surface area (Å²) in [6.45, 7) is 0.927. The predicted molar refractivity (Wildman–Crippen MR) is 54.4 cm³/mol. The van der Waals surface area contributed by atoms with Gasteiger partial charge in [0.15, 0.2) is 0 Å². The smallest absolute Gasteiger partial charge is 0.0894 e. The Morgan fingerprint density at radius 3 is 2.90 bits per heavy atom. The van der Waals surface area contributed by atoms with Crippen molar-refractivity contribution in [1.29, 1.82) is 0 Å². The molecular weight excluding hydrogens is 230 g/mol. The van der Waals surface area contributed by atoms with E-state index in [1.54, 1.807) is 11.3 Å². The van der Waals surface area contributed by atoms with Crippen LogP contribution < -0.4 is 5.32 Å². The zero-order valence-electron chi connectivity index (χ0n) is 5.30. The normalized spacial score (nSPS) is 9.80. The summed E-state index contributed by atoms with van der Waals surface area (Å²) >= 11 is 9.17. The number of halogens is 1. The highest BCUT2D eigenvalue weighted by molar-refractivity contribution is 9.11. The van der Waals surface area contributed by atoms with Crippen LogP contribution in [-0.4, -0.2) is 12.3 Å². The van der Waals surface area contributed by atoms with Crippen molar-refractivity contribution in [1.82, 2.24) is 0 Å². The molecule has 0 unspecified atom stereocenters. The molecule has 0 saturated heterocycles. The second-order valence-corrected chi connectivity index (χ2v) is 4.66. The molecule has 1 N–H and O–H groups in total. The Kier molecular flexibility index (Phi) is 3.59. The lowest BCUT2D eigenvalue weighted by molar-refractivity contribution is 1.25. The molecule has 0 fully saturated rings. The molecule has 1 nitrogen and oxygen atoms in total. The van der Waals surface area contributed by atoms with E-state index in [0.717, 1.165) is 16.1 Å². The summed E-state index contributed by atoms with van der Waals surface area (Å²) in [4.78, 5) is 0. The van der Waals surface area contributed by atoms with Gasteiger partial charge in [0.2, 0.25) is 0 Å². The lowest BCUT2D eigenvalue weighted by Gasteiger charge is -1.97. The largest absolute Gasteiger partial charge is 0.376 e. The van der Waals surface area contributed by atoms with Crippen molar-refractivity contribution in [2.75, 3.05) is 17.6 Å². The highest BCUT2D eigenvalue weighted by Gasteiger charge is 1.93. The molecule has 0 bridgehead atoms. The van der Waals surface area contributed by atoms with Crippen LogP contribution in [0.5, 0.6) is 0 Å². The molecule has 56 valence electrons. The van der Waals surface area contributed by atoms with Crippen LogP contribution >= 0.6 is 39.9 Å². The van der Waals surface area contributed by atoms with Crippen LogP contribution in [-0.2, 0) is 0 Å². The molecule has 0 radical (unpaired) electrons. The first-order chi connectivity index (χ1) is 4.83. The van der Waals surface area contributed by atoms with E-state index in [9.17, 15) is 0 Å². The standard InChI is InChI=1S/C6H8BrNS2/c7-5-1-2-6(10-5)8-3-4-9/h1-2,8-9H,3-4H2. The minimum absolute atomic E-state index is 0.871. The minimum Gasteiger partial charge on any atom is -0.376 e. The van der Waals surface area contributed by atoms with Gasteiger partial charge in [0.25, 0.3) is 0 Å². The second-order valence-electron chi connectivity index (χ2n) is 1.75. The molecule has 4 heteroatoms. The van der Waals surface area contributed by atoms with E-state index in [4.69, 9.17) is 0 Å². The minimum atomic E-state index is 0.871. The van der Waals surface area contributed by atoms with E-state index in [-0.39, 0.29) is 0 Å². The molecule has 1 aromatic rings. The summed E-state index contributed by atoms with van der Waals surface area (Å²) in [5, 5.41) is 4.42. The number of hydrogen-bond acceptors (Lipinski definition) is 3. The Labute approximate surface area is 78.4 Å². The first kappa shape index (κ1) is 8.43. The molecule has 0 aliphatic carbocycles. The third kappa shape index (κ3) is 2.52. The van der Waals surface area contributed by atoms with E-state index in [2.05, 4.69) is 39.9 Å². The topological polar surface area (TPSA) is 12.0 Å². The average Bonchev–Trinajstić information content (AvgIpc) is 2.31. The first-order valence-electron chi connectivity index (χ1n) is 2.93. The Morgan fingerprint density at radius 1 is 1.60 bits per heavy atom. The van der Waals surface area contributed by atoms with E-state index < -0.39 is 0 Å². The average molecular weight is 238 g/mol. The second kappa shape index (κ2) is 4.26. The molecule has 1 heterocycles. The number of rotatable bonds is 3. The van der Waals surface area contributed by atoms with E-state index >= 15 is 0 Å². The molecule has 0 saturated carbocycles. The molecule has 0 aliphatic rings. The Hall–Kier alpha value is 0.330. The van der Waals surface area contributed by atoms with Crippen molar-refractivity contribution < 1.29 is 0 Å². The fourth-order valence-electron chi connectivity index (χ4n) is 0.588. The third-order valence-corrected chi connectivity index (χ3v) is 2.79. The van der Waals surface area contributed by atoms with Gasteiger partial charge in [0.1, 0.15) is 0 Å². The van der Waals surface area contributed by atoms with E-state index in [0.29, 0.717) is 0 Å². The first-order valence-corrected chi connectivity index (χ1v) is 5.17. The van der Waals surface area contributed by atoms with Crippen molar-refractivity contribution in [3.63, 3.8) is 0 Å². The summed E-state index contributed by atoms with van der Waals surface area (Å²) in [6, 6.07) is 4.09. The number of nitrogens with one attached hydrogen (secondary N) is 1. The summed E-state index contributed by atoms with van der Waals surface area (Å²) in [7, 11) is 0. The molecule has 0 spiro atoms. The molecule has 0 atom stereocenters. The van der Waals surface area contributed by atoms with Crippen molar-refractivity contribution in [2.45, 2.75) is 0 Å². The number of thiophene rings is 1. The highest BCUT2D eigenvalue weighted by atomic mass is 79.9. The summed E-state index contributed by atoms with van der Waals surface area (Å²) < 4.78 is 1.16. The molecule has 0 amide bonds. The van der Waals surface area contributed by atoms with Gasteiger partial charge < -0.3 is 5.32 Å². The molecule has 0 aromatic carbocycles. The summed E-state index contributed by atoms with van der Waals surface area (Å²) in [6.07, 6.45) is 0. The number of anilines is 1. The Balaban J connectivity index is 2.42. The van der Waals surface area contributed by atoms with Gasteiger partial charge in [-0.2, -0.15) is 12.6 Å². The van der Waals surface area contributed by atoms with Gasteiger partial charge in [0, 0.05) is 12.3 Å². The maximum atomic E-state index is 4.09. The molecule has 1 aromatic heterocycles. The van der Waals surface area contributed by atoms with Crippen LogP contribution in [0, 0.1) is 0 Å². The molecular formula is C6H8BrNS2. The van der Waals surface area contributed by atoms with Gasteiger partial charge in [-0.1, -0.05) is 0 Å². The highest BCUT2D eigenvalue weighted by Crippen LogP contribution is 2.25. The monoisotopic (exact) mass is 237 g/mol. The Morgan fingerprint density at radius 2 is 2.40 bits per heavy atom. The summed E-state index contributed by atoms with van der Waals surface area (Å²) in [5.41, 5.74) is 0. The lowest BCUT2D eigenvalue weighted by atomic mass is 10.6. The van der Waals surface area contributed by atoms with E-state index in [1.165, 1.54) is 5.00 Å². The molecule has 1 rings (SSSR count). The van der Waals surface area contributed by atoms with Crippen LogP contribution in [0.2, 0.25) is 0 Å². The van der Waals surface area contributed by atoms with Crippen molar-refractivity contribution >= 4 is 44.9 Å². The fourth-order valence-corrected chi connectivity index (χ4v) is 2.01.